The van der Waals surface area contributed by atoms with E-state index < -0.39 is 12.2 Å². The minimum Gasteiger partial charge on any atom is -0.390 e. The summed E-state index contributed by atoms with van der Waals surface area (Å²) in [6, 6.07) is 7.81. The van der Waals surface area contributed by atoms with Crippen LogP contribution in [0.25, 0.3) is 10.1 Å². The predicted octanol–water partition coefficient (Wildman–Crippen LogP) is 2.62. The fraction of sp³-hybridized carbons (Fsp3) is 0.333. The zero-order valence-electron chi connectivity index (χ0n) is 8.71. The Labute approximate surface area is 104 Å². The van der Waals surface area contributed by atoms with Crippen LogP contribution < -0.4 is 0 Å². The number of hydrogen-bond donors (Lipinski definition) is 3. The summed E-state index contributed by atoms with van der Waals surface area (Å²) in [5.41, 5.74) is 0.768. The number of thiol groups is 1. The van der Waals surface area contributed by atoms with Crippen LogP contribution in [0.5, 0.6) is 0 Å². The van der Waals surface area contributed by atoms with Crippen LogP contribution in [-0.2, 0) is 0 Å². The van der Waals surface area contributed by atoms with E-state index in [0.717, 1.165) is 10.3 Å². The van der Waals surface area contributed by atoms with E-state index >= 15 is 0 Å². The summed E-state index contributed by atoms with van der Waals surface area (Å²) in [6.45, 7) is 0. The first-order chi connectivity index (χ1) is 7.72. The second kappa shape index (κ2) is 5.19. The Morgan fingerprint density at radius 3 is 2.81 bits per heavy atom. The lowest BCUT2D eigenvalue weighted by Gasteiger charge is -2.17. The van der Waals surface area contributed by atoms with Crippen LogP contribution >= 0.6 is 24.0 Å². The molecule has 1 aromatic carbocycles. The lowest BCUT2D eigenvalue weighted by molar-refractivity contribution is 0.0173. The molecule has 2 N–H and O–H groups in total. The van der Waals surface area contributed by atoms with Crippen LogP contribution in [0.4, 0.5) is 0 Å². The molecule has 0 saturated heterocycles. The van der Waals surface area contributed by atoms with Crippen LogP contribution in [-0.4, -0.2) is 22.1 Å². The highest BCUT2D eigenvalue weighted by Gasteiger charge is 2.17. The minimum absolute atomic E-state index is 0.493. The maximum absolute atomic E-state index is 9.94. The first kappa shape index (κ1) is 11.9. The maximum Gasteiger partial charge on any atom is 0.105 e. The zero-order valence-corrected chi connectivity index (χ0v) is 10.4. The molecule has 0 spiro atoms. The zero-order chi connectivity index (χ0) is 11.5. The summed E-state index contributed by atoms with van der Waals surface area (Å²) in [4.78, 5) is 0. The molecule has 16 heavy (non-hydrogen) atoms. The van der Waals surface area contributed by atoms with Crippen molar-refractivity contribution in [1.82, 2.24) is 0 Å². The largest absolute Gasteiger partial charge is 0.390 e. The number of aliphatic hydroxyl groups excluding tert-OH is 2. The molecule has 0 amide bonds. The first-order valence-electron chi connectivity index (χ1n) is 5.16. The Balaban J connectivity index is 2.24. The van der Waals surface area contributed by atoms with Crippen molar-refractivity contribution in [3.63, 3.8) is 0 Å². The van der Waals surface area contributed by atoms with Crippen LogP contribution in [0.15, 0.2) is 29.6 Å². The van der Waals surface area contributed by atoms with Crippen LogP contribution in [0.1, 0.15) is 18.1 Å². The van der Waals surface area contributed by atoms with Crippen molar-refractivity contribution in [2.24, 2.45) is 0 Å². The first-order valence-corrected chi connectivity index (χ1v) is 6.67. The molecule has 4 heteroatoms. The Morgan fingerprint density at radius 1 is 1.25 bits per heavy atom. The van der Waals surface area contributed by atoms with Gasteiger partial charge in [-0.15, -0.1) is 11.3 Å². The molecule has 0 radical (unpaired) electrons. The molecule has 2 rings (SSSR count). The third kappa shape index (κ3) is 2.40. The van der Waals surface area contributed by atoms with Gasteiger partial charge in [0.25, 0.3) is 0 Å². The van der Waals surface area contributed by atoms with Crippen molar-refractivity contribution >= 4 is 34.1 Å². The monoisotopic (exact) mass is 254 g/mol. The van der Waals surface area contributed by atoms with Gasteiger partial charge in [-0.05, 0) is 40.6 Å². The van der Waals surface area contributed by atoms with Crippen molar-refractivity contribution in [2.45, 2.75) is 18.6 Å². The molecule has 1 aromatic heterocycles. The molecular weight excluding hydrogens is 240 g/mol. The summed E-state index contributed by atoms with van der Waals surface area (Å²) in [6.07, 6.45) is -1.07. The fourth-order valence-corrected chi connectivity index (χ4v) is 2.77. The second-order valence-corrected chi connectivity index (χ2v) is 5.14. The van der Waals surface area contributed by atoms with E-state index in [1.54, 1.807) is 11.3 Å². The van der Waals surface area contributed by atoms with Gasteiger partial charge in [-0.2, -0.15) is 12.6 Å². The Kier molecular flexibility index (Phi) is 3.86. The highest BCUT2D eigenvalue weighted by molar-refractivity contribution is 7.80. The van der Waals surface area contributed by atoms with Gasteiger partial charge in [0.2, 0.25) is 0 Å². The van der Waals surface area contributed by atoms with E-state index in [0.29, 0.717) is 12.2 Å². The fourth-order valence-electron chi connectivity index (χ4n) is 1.67. The Bertz CT molecular complexity index is 467. The van der Waals surface area contributed by atoms with Crippen molar-refractivity contribution < 1.29 is 10.2 Å². The molecule has 86 valence electrons. The van der Waals surface area contributed by atoms with Crippen molar-refractivity contribution in [2.75, 3.05) is 5.75 Å². The van der Waals surface area contributed by atoms with E-state index in [1.807, 2.05) is 29.6 Å². The normalized spacial score (nSPS) is 15.2. The molecule has 0 saturated carbocycles. The molecule has 2 nitrogen and oxygen atoms in total. The third-order valence-corrected chi connectivity index (χ3v) is 3.75. The van der Waals surface area contributed by atoms with Gasteiger partial charge in [0.1, 0.15) is 6.10 Å². The van der Waals surface area contributed by atoms with Crippen molar-refractivity contribution in [3.05, 3.63) is 35.2 Å². The van der Waals surface area contributed by atoms with Crippen LogP contribution in [0.3, 0.4) is 0 Å². The maximum atomic E-state index is 9.94. The highest BCUT2D eigenvalue weighted by Crippen LogP contribution is 2.26. The van der Waals surface area contributed by atoms with Crippen LogP contribution in [0, 0.1) is 0 Å². The Hall–Kier alpha value is -0.550. The lowest BCUT2D eigenvalue weighted by atomic mass is 10.0. The number of rotatable bonds is 4. The summed E-state index contributed by atoms with van der Waals surface area (Å²) >= 11 is 5.68. The summed E-state index contributed by atoms with van der Waals surface area (Å²) in [5.74, 6) is 0.569. The molecule has 1 heterocycles. The molecule has 2 unspecified atom stereocenters. The molecule has 0 bridgehead atoms. The van der Waals surface area contributed by atoms with Crippen molar-refractivity contribution in [3.8, 4) is 0 Å². The number of aliphatic hydroxyl groups is 2. The van der Waals surface area contributed by atoms with Gasteiger partial charge in [0.15, 0.2) is 0 Å². The SMILES string of the molecule is OC(CCS)C(O)c1ccc2ccsc2c1. The van der Waals surface area contributed by atoms with E-state index in [2.05, 4.69) is 12.6 Å². The van der Waals surface area contributed by atoms with Gasteiger partial charge in [0.05, 0.1) is 6.10 Å². The molecule has 0 aliphatic rings. The highest BCUT2D eigenvalue weighted by atomic mass is 32.1. The van der Waals surface area contributed by atoms with Gasteiger partial charge in [0, 0.05) is 4.70 Å². The summed E-state index contributed by atoms with van der Waals surface area (Å²) in [5, 5.41) is 22.8. The van der Waals surface area contributed by atoms with Gasteiger partial charge >= 0.3 is 0 Å². The average molecular weight is 254 g/mol. The standard InChI is InChI=1S/C12H14O2S2/c13-10(3-5-15)12(14)9-2-1-8-4-6-16-11(8)7-9/h1-2,4,6-7,10,12-15H,3,5H2. The molecule has 2 atom stereocenters. The third-order valence-electron chi connectivity index (χ3n) is 2.61. The van der Waals surface area contributed by atoms with E-state index in [-0.39, 0.29) is 0 Å². The molecular formula is C12H14O2S2. The lowest BCUT2D eigenvalue weighted by Crippen LogP contribution is -2.18. The summed E-state index contributed by atoms with van der Waals surface area (Å²) < 4.78 is 1.13. The van der Waals surface area contributed by atoms with E-state index in [9.17, 15) is 10.2 Å². The molecule has 0 aliphatic carbocycles. The van der Waals surface area contributed by atoms with E-state index in [1.165, 1.54) is 5.39 Å². The summed E-state index contributed by atoms with van der Waals surface area (Å²) in [7, 11) is 0. The topological polar surface area (TPSA) is 40.5 Å². The van der Waals surface area contributed by atoms with Gasteiger partial charge in [-0.25, -0.2) is 0 Å². The van der Waals surface area contributed by atoms with Gasteiger partial charge in [-0.3, -0.25) is 0 Å². The molecule has 2 aromatic rings. The quantitative estimate of drug-likeness (QED) is 0.734. The molecule has 0 aliphatic heterocycles. The van der Waals surface area contributed by atoms with Gasteiger partial charge in [-0.1, -0.05) is 12.1 Å². The number of thiophene rings is 1. The predicted molar refractivity (Wildman–Crippen MR) is 71.3 cm³/mol. The second-order valence-electron chi connectivity index (χ2n) is 3.74. The number of hydrogen-bond acceptors (Lipinski definition) is 4. The van der Waals surface area contributed by atoms with Gasteiger partial charge < -0.3 is 10.2 Å². The van der Waals surface area contributed by atoms with E-state index in [4.69, 9.17) is 0 Å². The molecule has 0 fully saturated rings. The van der Waals surface area contributed by atoms with Crippen LogP contribution in [0.2, 0.25) is 0 Å². The smallest absolute Gasteiger partial charge is 0.105 e. The number of fused-ring (bicyclic) bond motifs is 1. The minimum atomic E-state index is -0.821. The van der Waals surface area contributed by atoms with Crippen molar-refractivity contribution in [1.29, 1.82) is 0 Å². The Morgan fingerprint density at radius 2 is 2.06 bits per heavy atom. The number of benzene rings is 1. The average Bonchev–Trinajstić information content (AvgIpc) is 2.75.